The van der Waals surface area contributed by atoms with E-state index in [1.165, 1.54) is 11.9 Å². The molecule has 1 aliphatic heterocycles. The molecule has 1 saturated heterocycles. The molecule has 0 spiro atoms. The van der Waals surface area contributed by atoms with Crippen molar-refractivity contribution in [3.05, 3.63) is 70.8 Å². The molecular formula is C26H31F6N3O2. The van der Waals surface area contributed by atoms with E-state index in [1.807, 2.05) is 35.2 Å². The lowest BCUT2D eigenvalue weighted by Gasteiger charge is -2.40. The van der Waals surface area contributed by atoms with E-state index in [1.54, 1.807) is 0 Å². The van der Waals surface area contributed by atoms with Gasteiger partial charge in [0.1, 0.15) is 6.04 Å². The zero-order chi connectivity index (χ0) is 27.2. The zero-order valence-electron chi connectivity index (χ0n) is 20.5. The highest BCUT2D eigenvalue weighted by Gasteiger charge is 2.37. The second-order valence-corrected chi connectivity index (χ2v) is 9.19. The van der Waals surface area contributed by atoms with Gasteiger partial charge in [0.2, 0.25) is 5.91 Å². The summed E-state index contributed by atoms with van der Waals surface area (Å²) in [7, 11) is 1.51. The third-order valence-electron chi connectivity index (χ3n) is 6.51. The number of carbonyl (C=O) groups excluding carboxylic acids is 1. The van der Waals surface area contributed by atoms with Crippen LogP contribution < -0.4 is 0 Å². The number of piperazine rings is 1. The van der Waals surface area contributed by atoms with Gasteiger partial charge in [-0.1, -0.05) is 30.3 Å². The van der Waals surface area contributed by atoms with Gasteiger partial charge in [-0.25, -0.2) is 0 Å². The molecule has 0 radical (unpaired) electrons. The van der Waals surface area contributed by atoms with Crippen molar-refractivity contribution in [3.8, 4) is 0 Å². The predicted molar refractivity (Wildman–Crippen MR) is 127 cm³/mol. The topological polar surface area (TPSA) is 47.0 Å². The molecule has 2 aromatic carbocycles. The standard InChI is InChI=1S/C26H31F6N3O2/c1-33(10-8-19-16-21(25(27,28)29)18-22(17-19)26(30,31)32)24(37)23(20-6-3-2-4-7-20)35-13-11-34(12-14-35)9-5-15-36/h2-4,6-7,16-18,23,36H,5,8-15H2,1H3. The van der Waals surface area contributed by atoms with Crippen LogP contribution in [0.5, 0.6) is 0 Å². The summed E-state index contributed by atoms with van der Waals surface area (Å²) in [6.45, 7) is 3.45. The third-order valence-corrected chi connectivity index (χ3v) is 6.51. The monoisotopic (exact) mass is 531 g/mol. The van der Waals surface area contributed by atoms with Crippen LogP contribution in [0.25, 0.3) is 0 Å². The molecule has 1 unspecified atom stereocenters. The minimum atomic E-state index is -4.92. The smallest absolute Gasteiger partial charge is 0.396 e. The average molecular weight is 532 g/mol. The maximum Gasteiger partial charge on any atom is 0.416 e. The molecule has 1 aliphatic rings. The first-order valence-electron chi connectivity index (χ1n) is 12.1. The highest BCUT2D eigenvalue weighted by molar-refractivity contribution is 5.83. The Kier molecular flexibility index (Phi) is 9.60. The molecule has 37 heavy (non-hydrogen) atoms. The molecule has 204 valence electrons. The second kappa shape index (κ2) is 12.3. The largest absolute Gasteiger partial charge is 0.416 e. The van der Waals surface area contributed by atoms with Crippen LogP contribution in [-0.2, 0) is 23.6 Å². The number of alkyl halides is 6. The van der Waals surface area contributed by atoms with Gasteiger partial charge in [-0.3, -0.25) is 9.69 Å². The molecule has 11 heteroatoms. The highest BCUT2D eigenvalue weighted by atomic mass is 19.4. The Balaban J connectivity index is 1.76. The quantitative estimate of drug-likeness (QED) is 0.486. The summed E-state index contributed by atoms with van der Waals surface area (Å²) in [5, 5.41) is 9.06. The summed E-state index contributed by atoms with van der Waals surface area (Å²) in [6, 6.07) is 9.99. The lowest BCUT2D eigenvalue weighted by molar-refractivity contribution is -0.143. The van der Waals surface area contributed by atoms with E-state index >= 15 is 0 Å². The van der Waals surface area contributed by atoms with Crippen molar-refractivity contribution in [1.29, 1.82) is 0 Å². The summed E-state index contributed by atoms with van der Waals surface area (Å²) in [6.07, 6.45) is -9.34. The fourth-order valence-electron chi connectivity index (χ4n) is 4.46. The highest BCUT2D eigenvalue weighted by Crippen LogP contribution is 2.36. The Morgan fingerprint density at radius 1 is 0.946 bits per heavy atom. The molecule has 2 aromatic rings. The fourth-order valence-corrected chi connectivity index (χ4v) is 4.46. The maximum atomic E-state index is 13.5. The third kappa shape index (κ3) is 7.93. The number of hydrogen-bond donors (Lipinski definition) is 1. The maximum absolute atomic E-state index is 13.5. The molecule has 5 nitrogen and oxygen atoms in total. The van der Waals surface area contributed by atoms with Crippen molar-refractivity contribution >= 4 is 5.91 Å². The summed E-state index contributed by atoms with van der Waals surface area (Å²) in [5.41, 5.74) is -2.11. The summed E-state index contributed by atoms with van der Waals surface area (Å²) in [4.78, 5) is 19.2. The molecule has 1 amide bonds. The Bertz CT molecular complexity index is 989. The predicted octanol–water partition coefficient (Wildman–Crippen LogP) is 4.47. The summed E-state index contributed by atoms with van der Waals surface area (Å²) in [5.74, 6) is -0.280. The number of hydrogen-bond acceptors (Lipinski definition) is 4. The molecule has 0 bridgehead atoms. The van der Waals surface area contributed by atoms with Crippen LogP contribution in [0.1, 0.15) is 34.7 Å². The Morgan fingerprint density at radius 2 is 1.51 bits per heavy atom. The number of aliphatic hydroxyl groups excluding tert-OH is 1. The van der Waals surface area contributed by atoms with Gasteiger partial charge in [0.05, 0.1) is 11.1 Å². The number of nitrogens with zero attached hydrogens (tertiary/aromatic N) is 3. The molecule has 1 atom stereocenters. The van der Waals surface area contributed by atoms with Gasteiger partial charge in [-0.15, -0.1) is 0 Å². The van der Waals surface area contributed by atoms with E-state index in [0.29, 0.717) is 44.7 Å². The van der Waals surface area contributed by atoms with Crippen molar-refractivity contribution in [1.82, 2.24) is 14.7 Å². The first kappa shape index (κ1) is 28.9. The van der Waals surface area contributed by atoms with Crippen LogP contribution in [0.2, 0.25) is 0 Å². The fraction of sp³-hybridized carbons (Fsp3) is 0.500. The number of amides is 1. The second-order valence-electron chi connectivity index (χ2n) is 9.19. The zero-order valence-corrected chi connectivity index (χ0v) is 20.5. The van der Waals surface area contributed by atoms with Gasteiger partial charge < -0.3 is 14.9 Å². The van der Waals surface area contributed by atoms with Crippen molar-refractivity contribution < 1.29 is 36.2 Å². The van der Waals surface area contributed by atoms with E-state index in [4.69, 9.17) is 5.11 Å². The number of benzene rings is 2. The molecule has 3 rings (SSSR count). The molecule has 0 aliphatic carbocycles. The molecule has 1 heterocycles. The molecule has 0 aromatic heterocycles. The molecule has 1 fully saturated rings. The van der Waals surface area contributed by atoms with Crippen molar-refractivity contribution in [3.63, 3.8) is 0 Å². The van der Waals surface area contributed by atoms with Gasteiger partial charge in [-0.05, 0) is 42.2 Å². The van der Waals surface area contributed by atoms with Gasteiger partial charge in [0.25, 0.3) is 0 Å². The van der Waals surface area contributed by atoms with Crippen molar-refractivity contribution in [2.75, 3.05) is 52.9 Å². The lowest BCUT2D eigenvalue weighted by atomic mass is 10.0. The SMILES string of the molecule is CN(CCc1cc(C(F)(F)F)cc(C(F)(F)F)c1)C(=O)C(c1ccccc1)N1CCN(CCCO)CC1. The number of halogens is 6. The van der Waals surface area contributed by atoms with Crippen molar-refractivity contribution in [2.24, 2.45) is 0 Å². The van der Waals surface area contributed by atoms with Crippen molar-refractivity contribution in [2.45, 2.75) is 31.2 Å². The van der Waals surface area contributed by atoms with Crippen LogP contribution in [0.15, 0.2) is 48.5 Å². The van der Waals surface area contributed by atoms with Crippen LogP contribution >= 0.6 is 0 Å². The average Bonchev–Trinajstić information content (AvgIpc) is 2.86. The van der Waals surface area contributed by atoms with Crippen LogP contribution in [0.3, 0.4) is 0 Å². The number of aliphatic hydroxyl groups is 1. The first-order chi connectivity index (χ1) is 17.4. The molecule has 1 N–H and O–H groups in total. The van der Waals surface area contributed by atoms with Gasteiger partial charge >= 0.3 is 12.4 Å². The van der Waals surface area contributed by atoms with Crippen LogP contribution in [0, 0.1) is 0 Å². The summed E-state index contributed by atoms with van der Waals surface area (Å²) < 4.78 is 79.2. The Labute approximate surface area is 212 Å². The van der Waals surface area contributed by atoms with E-state index < -0.39 is 29.5 Å². The number of likely N-dealkylation sites (N-methyl/N-ethyl adjacent to an activating group) is 1. The van der Waals surface area contributed by atoms with E-state index in [0.717, 1.165) is 12.1 Å². The minimum absolute atomic E-state index is 0.0444. The van der Waals surface area contributed by atoms with Gasteiger partial charge in [0, 0.05) is 52.9 Å². The minimum Gasteiger partial charge on any atom is -0.396 e. The normalized spacial score (nSPS) is 16.5. The van der Waals surface area contributed by atoms with Gasteiger partial charge in [-0.2, -0.15) is 26.3 Å². The number of carbonyl (C=O) groups is 1. The summed E-state index contributed by atoms with van der Waals surface area (Å²) >= 11 is 0. The molecule has 0 saturated carbocycles. The van der Waals surface area contributed by atoms with Crippen LogP contribution in [-0.4, -0.2) is 78.6 Å². The lowest BCUT2D eigenvalue weighted by Crippen LogP contribution is -2.51. The number of rotatable bonds is 9. The molecular weight excluding hydrogens is 500 g/mol. The van der Waals surface area contributed by atoms with Gasteiger partial charge in [0.15, 0.2) is 0 Å². The Hall–Kier alpha value is -2.63. The Morgan fingerprint density at radius 3 is 2.03 bits per heavy atom. The van der Waals surface area contributed by atoms with E-state index in [9.17, 15) is 31.1 Å². The van der Waals surface area contributed by atoms with E-state index in [-0.39, 0.29) is 37.1 Å². The first-order valence-corrected chi connectivity index (χ1v) is 12.1. The van der Waals surface area contributed by atoms with Crippen LogP contribution in [0.4, 0.5) is 26.3 Å². The van der Waals surface area contributed by atoms with E-state index in [2.05, 4.69) is 4.90 Å².